The van der Waals surface area contributed by atoms with Gasteiger partial charge in [-0.3, -0.25) is 4.79 Å². The fraction of sp³-hybridized carbons (Fsp3) is 0.320. The fourth-order valence-corrected chi connectivity index (χ4v) is 3.31. The lowest BCUT2D eigenvalue weighted by Crippen LogP contribution is -2.45. The van der Waals surface area contributed by atoms with E-state index in [1.807, 2.05) is 58.9 Å². The largest absolute Gasteiger partial charge is 0.459 e. The predicted molar refractivity (Wildman–Crippen MR) is 119 cm³/mol. The Labute approximate surface area is 181 Å². The number of rotatable bonds is 6. The average molecular weight is 421 g/mol. The van der Waals surface area contributed by atoms with E-state index in [0.29, 0.717) is 16.7 Å². The summed E-state index contributed by atoms with van der Waals surface area (Å²) in [4.78, 5) is 37.4. The topological polar surface area (TPSA) is 85.6 Å². The third-order valence-corrected chi connectivity index (χ3v) is 5.41. The summed E-state index contributed by atoms with van der Waals surface area (Å²) in [5.74, 6) is -1.07. The van der Waals surface area contributed by atoms with Crippen molar-refractivity contribution in [1.29, 1.82) is 0 Å². The van der Waals surface area contributed by atoms with Crippen LogP contribution in [0.25, 0.3) is 11.0 Å². The van der Waals surface area contributed by atoms with Crippen LogP contribution >= 0.6 is 0 Å². The maximum Gasteiger partial charge on any atom is 0.336 e. The van der Waals surface area contributed by atoms with Gasteiger partial charge in [-0.25, -0.2) is 9.59 Å². The molecule has 31 heavy (non-hydrogen) atoms. The molecule has 0 fully saturated rings. The van der Waals surface area contributed by atoms with Gasteiger partial charge < -0.3 is 14.5 Å². The number of benzene rings is 2. The molecule has 2 aromatic carbocycles. The van der Waals surface area contributed by atoms with Crippen molar-refractivity contribution in [1.82, 2.24) is 5.32 Å². The molecule has 1 heterocycles. The van der Waals surface area contributed by atoms with E-state index in [-0.39, 0.29) is 18.4 Å². The molecule has 0 saturated carbocycles. The summed E-state index contributed by atoms with van der Waals surface area (Å²) >= 11 is 0. The molecule has 6 heteroatoms. The number of fused-ring (bicyclic) bond motifs is 1. The van der Waals surface area contributed by atoms with Crippen molar-refractivity contribution in [3.8, 4) is 0 Å². The van der Waals surface area contributed by atoms with Crippen molar-refractivity contribution < 1.29 is 18.7 Å². The molecule has 0 spiro atoms. The van der Waals surface area contributed by atoms with Crippen molar-refractivity contribution in [2.24, 2.45) is 5.92 Å². The average Bonchev–Trinajstić information content (AvgIpc) is 2.73. The Kier molecular flexibility index (Phi) is 6.59. The van der Waals surface area contributed by atoms with Crippen LogP contribution in [0.2, 0.25) is 0 Å². The van der Waals surface area contributed by atoms with Crippen molar-refractivity contribution in [2.75, 3.05) is 0 Å². The van der Waals surface area contributed by atoms with E-state index in [2.05, 4.69) is 5.32 Å². The first kappa shape index (κ1) is 22.3. The Balaban J connectivity index is 1.78. The van der Waals surface area contributed by atoms with E-state index in [1.54, 1.807) is 12.1 Å². The van der Waals surface area contributed by atoms with Crippen LogP contribution in [-0.4, -0.2) is 17.9 Å². The zero-order valence-electron chi connectivity index (χ0n) is 18.4. The minimum absolute atomic E-state index is 0.0902. The van der Waals surface area contributed by atoms with Gasteiger partial charge in [0.05, 0.1) is 0 Å². The minimum Gasteiger partial charge on any atom is -0.459 e. The van der Waals surface area contributed by atoms with Crippen LogP contribution in [0.4, 0.5) is 0 Å². The first-order valence-electron chi connectivity index (χ1n) is 10.2. The van der Waals surface area contributed by atoms with Crippen LogP contribution in [0.3, 0.4) is 0 Å². The van der Waals surface area contributed by atoms with Crippen molar-refractivity contribution in [3.05, 3.63) is 80.7 Å². The zero-order valence-corrected chi connectivity index (χ0v) is 18.4. The standard InChI is InChI=1S/C25H27NO5/c1-14(2)22(26-24(28)18-9-6-15(3)7-10-18)25(29)30-13-19-12-21(27)31-23-17(5)16(4)8-11-20(19)23/h6-12,14,22H,13H2,1-5H3,(H,26,28). The van der Waals surface area contributed by atoms with Crippen LogP contribution in [0.1, 0.15) is 46.5 Å². The van der Waals surface area contributed by atoms with Crippen LogP contribution in [-0.2, 0) is 16.1 Å². The summed E-state index contributed by atoms with van der Waals surface area (Å²) < 4.78 is 10.9. The first-order chi connectivity index (χ1) is 14.7. The molecule has 1 aromatic heterocycles. The first-order valence-corrected chi connectivity index (χ1v) is 10.2. The summed E-state index contributed by atoms with van der Waals surface area (Å²) in [5.41, 5.74) is 3.95. The maximum atomic E-state index is 12.8. The molecule has 0 bridgehead atoms. The number of hydrogen-bond acceptors (Lipinski definition) is 5. The molecule has 6 nitrogen and oxygen atoms in total. The van der Waals surface area contributed by atoms with E-state index in [1.165, 1.54) is 6.07 Å². The Morgan fingerprint density at radius 2 is 1.71 bits per heavy atom. The Morgan fingerprint density at radius 3 is 2.35 bits per heavy atom. The van der Waals surface area contributed by atoms with Gasteiger partial charge in [0.1, 0.15) is 18.2 Å². The SMILES string of the molecule is Cc1ccc(C(=O)NC(C(=O)OCc2cc(=O)oc3c(C)c(C)ccc23)C(C)C)cc1. The van der Waals surface area contributed by atoms with Gasteiger partial charge in [0.15, 0.2) is 0 Å². The van der Waals surface area contributed by atoms with Crippen LogP contribution in [0.5, 0.6) is 0 Å². The van der Waals surface area contributed by atoms with Gasteiger partial charge in [-0.2, -0.15) is 0 Å². The highest BCUT2D eigenvalue weighted by atomic mass is 16.5. The molecule has 1 atom stereocenters. The van der Waals surface area contributed by atoms with Gasteiger partial charge in [0.2, 0.25) is 0 Å². The van der Waals surface area contributed by atoms with Gasteiger partial charge in [-0.05, 0) is 49.9 Å². The van der Waals surface area contributed by atoms with Crippen LogP contribution in [0.15, 0.2) is 51.7 Å². The summed E-state index contributed by atoms with van der Waals surface area (Å²) in [6, 6.07) is 11.4. The second-order valence-electron chi connectivity index (χ2n) is 8.14. The second kappa shape index (κ2) is 9.16. The molecular weight excluding hydrogens is 394 g/mol. The third-order valence-electron chi connectivity index (χ3n) is 5.41. The number of ether oxygens (including phenoxy) is 1. The van der Waals surface area contributed by atoms with Gasteiger partial charge in [-0.1, -0.05) is 43.7 Å². The highest BCUT2D eigenvalue weighted by Crippen LogP contribution is 2.24. The molecule has 1 N–H and O–H groups in total. The Bertz CT molecular complexity index is 1170. The van der Waals surface area contributed by atoms with Gasteiger partial charge in [0, 0.05) is 22.6 Å². The molecule has 1 unspecified atom stereocenters. The summed E-state index contributed by atoms with van der Waals surface area (Å²) in [7, 11) is 0. The number of amides is 1. The van der Waals surface area contributed by atoms with E-state index in [4.69, 9.17) is 9.15 Å². The number of carbonyl (C=O) groups is 2. The number of nitrogens with one attached hydrogen (secondary N) is 1. The van der Waals surface area contributed by atoms with Crippen LogP contribution < -0.4 is 10.9 Å². The molecule has 3 aromatic rings. The van der Waals surface area contributed by atoms with E-state index in [0.717, 1.165) is 22.1 Å². The molecule has 0 radical (unpaired) electrons. The molecule has 162 valence electrons. The lowest BCUT2D eigenvalue weighted by Gasteiger charge is -2.21. The molecule has 0 saturated heterocycles. The molecular formula is C25H27NO5. The highest BCUT2D eigenvalue weighted by molar-refractivity contribution is 5.97. The smallest absolute Gasteiger partial charge is 0.336 e. The molecule has 1 amide bonds. The van der Waals surface area contributed by atoms with Crippen molar-refractivity contribution in [3.63, 3.8) is 0 Å². The summed E-state index contributed by atoms with van der Waals surface area (Å²) in [6.45, 7) is 9.33. The number of aryl methyl sites for hydroxylation is 3. The maximum absolute atomic E-state index is 12.8. The third kappa shape index (κ3) is 5.02. The number of esters is 1. The predicted octanol–water partition coefficient (Wildman–Crippen LogP) is 4.22. The van der Waals surface area contributed by atoms with E-state index < -0.39 is 17.6 Å². The fourth-order valence-electron chi connectivity index (χ4n) is 3.31. The minimum atomic E-state index is -0.816. The van der Waals surface area contributed by atoms with Crippen molar-refractivity contribution >= 4 is 22.8 Å². The lowest BCUT2D eigenvalue weighted by molar-refractivity contribution is -0.148. The van der Waals surface area contributed by atoms with Gasteiger partial charge in [-0.15, -0.1) is 0 Å². The summed E-state index contributed by atoms with van der Waals surface area (Å²) in [6.07, 6.45) is 0. The summed E-state index contributed by atoms with van der Waals surface area (Å²) in [5, 5.41) is 3.48. The Hall–Kier alpha value is -3.41. The van der Waals surface area contributed by atoms with Gasteiger partial charge >= 0.3 is 11.6 Å². The van der Waals surface area contributed by atoms with Crippen molar-refractivity contribution in [2.45, 2.75) is 47.3 Å². The zero-order chi connectivity index (χ0) is 22.7. The number of hydrogen-bond donors (Lipinski definition) is 1. The molecule has 0 aliphatic rings. The van der Waals surface area contributed by atoms with Crippen LogP contribution in [0, 0.1) is 26.7 Å². The monoisotopic (exact) mass is 421 g/mol. The molecule has 0 aliphatic carbocycles. The lowest BCUT2D eigenvalue weighted by atomic mass is 10.0. The second-order valence-corrected chi connectivity index (χ2v) is 8.14. The molecule has 3 rings (SSSR count). The Morgan fingerprint density at radius 1 is 1.03 bits per heavy atom. The quantitative estimate of drug-likeness (QED) is 0.476. The van der Waals surface area contributed by atoms with Gasteiger partial charge in [0.25, 0.3) is 5.91 Å². The van der Waals surface area contributed by atoms with E-state index in [9.17, 15) is 14.4 Å². The van der Waals surface area contributed by atoms with E-state index >= 15 is 0 Å². The normalized spacial score (nSPS) is 12.1. The number of carbonyl (C=O) groups excluding carboxylic acids is 2. The highest BCUT2D eigenvalue weighted by Gasteiger charge is 2.26. The molecule has 0 aliphatic heterocycles.